The zero-order chi connectivity index (χ0) is 21.5. The summed E-state index contributed by atoms with van der Waals surface area (Å²) in [5, 5.41) is 2.88. The van der Waals surface area contributed by atoms with E-state index in [1.165, 1.54) is 6.08 Å². The standard InChI is InChI=1S/C24H26N2O4/c1-3-30-23(28)14-11-18-9-12-21(13-10-18)25-24(29)20-15-22(27)26(16-20)17(2)19-7-5-4-6-8-19/h4-14,17,20H,3,15-16H2,1-2H3,(H,25,29)/b14-11+. The molecule has 6 nitrogen and oxygen atoms in total. The van der Waals surface area contributed by atoms with Crippen molar-refractivity contribution >= 4 is 29.5 Å². The Balaban J connectivity index is 1.57. The van der Waals surface area contributed by atoms with E-state index in [1.807, 2.05) is 37.3 Å². The van der Waals surface area contributed by atoms with E-state index >= 15 is 0 Å². The molecule has 156 valence electrons. The Labute approximate surface area is 176 Å². The highest BCUT2D eigenvalue weighted by Gasteiger charge is 2.36. The van der Waals surface area contributed by atoms with Crippen molar-refractivity contribution < 1.29 is 19.1 Å². The molecule has 2 atom stereocenters. The number of nitrogens with zero attached hydrogens (tertiary/aromatic N) is 1. The van der Waals surface area contributed by atoms with Crippen LogP contribution in [0, 0.1) is 5.92 Å². The van der Waals surface area contributed by atoms with Gasteiger partial charge in [0.25, 0.3) is 0 Å². The zero-order valence-corrected chi connectivity index (χ0v) is 17.2. The molecular weight excluding hydrogens is 380 g/mol. The second-order valence-corrected chi connectivity index (χ2v) is 7.23. The lowest BCUT2D eigenvalue weighted by molar-refractivity contribution is -0.137. The monoisotopic (exact) mass is 406 g/mol. The summed E-state index contributed by atoms with van der Waals surface area (Å²) in [5.74, 6) is -0.950. The molecule has 2 aromatic rings. The Kier molecular flexibility index (Phi) is 7.01. The van der Waals surface area contributed by atoms with Crippen LogP contribution < -0.4 is 5.32 Å². The molecule has 1 fully saturated rings. The highest BCUT2D eigenvalue weighted by Crippen LogP contribution is 2.29. The Morgan fingerprint density at radius 1 is 1.17 bits per heavy atom. The van der Waals surface area contributed by atoms with Gasteiger partial charge in [-0.1, -0.05) is 42.5 Å². The van der Waals surface area contributed by atoms with Crippen molar-refractivity contribution in [3.05, 3.63) is 71.8 Å². The third-order valence-electron chi connectivity index (χ3n) is 5.16. The first kappa shape index (κ1) is 21.3. The molecule has 0 spiro atoms. The van der Waals surface area contributed by atoms with E-state index in [0.29, 0.717) is 18.8 Å². The van der Waals surface area contributed by atoms with Crippen LogP contribution in [0.2, 0.25) is 0 Å². The summed E-state index contributed by atoms with van der Waals surface area (Å²) in [6.07, 6.45) is 3.23. The smallest absolute Gasteiger partial charge is 0.330 e. The van der Waals surface area contributed by atoms with Gasteiger partial charge in [-0.2, -0.15) is 0 Å². The second-order valence-electron chi connectivity index (χ2n) is 7.23. The molecule has 1 saturated heterocycles. The third kappa shape index (κ3) is 5.35. The van der Waals surface area contributed by atoms with Crippen LogP contribution in [0.5, 0.6) is 0 Å². The first-order valence-corrected chi connectivity index (χ1v) is 10.1. The zero-order valence-electron chi connectivity index (χ0n) is 17.2. The maximum absolute atomic E-state index is 12.7. The number of carbonyl (C=O) groups is 3. The van der Waals surface area contributed by atoms with Crippen molar-refractivity contribution in [1.82, 2.24) is 4.90 Å². The van der Waals surface area contributed by atoms with Gasteiger partial charge in [0.05, 0.1) is 18.6 Å². The predicted molar refractivity (Wildman–Crippen MR) is 115 cm³/mol. The summed E-state index contributed by atoms with van der Waals surface area (Å²) in [6, 6.07) is 16.9. The van der Waals surface area contributed by atoms with Gasteiger partial charge >= 0.3 is 5.97 Å². The lowest BCUT2D eigenvalue weighted by Crippen LogP contribution is -2.30. The summed E-state index contributed by atoms with van der Waals surface area (Å²) >= 11 is 0. The molecule has 2 unspecified atom stereocenters. The Morgan fingerprint density at radius 2 is 1.87 bits per heavy atom. The number of hydrogen-bond acceptors (Lipinski definition) is 4. The fourth-order valence-electron chi connectivity index (χ4n) is 3.47. The molecule has 0 bridgehead atoms. The topological polar surface area (TPSA) is 75.7 Å². The molecule has 3 rings (SSSR count). The quantitative estimate of drug-likeness (QED) is 0.560. The van der Waals surface area contributed by atoms with E-state index in [2.05, 4.69) is 5.32 Å². The van der Waals surface area contributed by atoms with Crippen LogP contribution in [0.4, 0.5) is 5.69 Å². The van der Waals surface area contributed by atoms with Gasteiger partial charge in [0.1, 0.15) is 0 Å². The Bertz CT molecular complexity index is 922. The molecule has 1 heterocycles. The van der Waals surface area contributed by atoms with E-state index in [0.717, 1.165) is 11.1 Å². The van der Waals surface area contributed by atoms with Crippen molar-refractivity contribution in [3.63, 3.8) is 0 Å². The van der Waals surface area contributed by atoms with E-state index in [-0.39, 0.29) is 30.2 Å². The molecule has 2 amide bonds. The second kappa shape index (κ2) is 9.87. The van der Waals surface area contributed by atoms with Crippen LogP contribution in [0.1, 0.15) is 37.4 Å². The number of benzene rings is 2. The molecule has 0 aliphatic carbocycles. The third-order valence-corrected chi connectivity index (χ3v) is 5.16. The number of rotatable bonds is 7. The van der Waals surface area contributed by atoms with E-state index in [9.17, 15) is 14.4 Å². The summed E-state index contributed by atoms with van der Waals surface area (Å²) in [5.41, 5.74) is 2.52. The largest absolute Gasteiger partial charge is 0.463 e. The molecule has 0 aromatic heterocycles. The van der Waals surface area contributed by atoms with Gasteiger partial charge in [0.2, 0.25) is 11.8 Å². The number of nitrogens with one attached hydrogen (secondary N) is 1. The summed E-state index contributed by atoms with van der Waals surface area (Å²) in [6.45, 7) is 4.47. The molecule has 2 aromatic carbocycles. The van der Waals surface area contributed by atoms with Gasteiger partial charge < -0.3 is 15.0 Å². The van der Waals surface area contributed by atoms with Gasteiger partial charge in [-0.25, -0.2) is 4.79 Å². The highest BCUT2D eigenvalue weighted by molar-refractivity contribution is 5.97. The highest BCUT2D eigenvalue weighted by atomic mass is 16.5. The fraction of sp³-hybridized carbons (Fsp3) is 0.292. The van der Waals surface area contributed by atoms with Crippen LogP contribution in [-0.4, -0.2) is 35.8 Å². The number of esters is 1. The maximum atomic E-state index is 12.7. The van der Waals surface area contributed by atoms with Gasteiger partial charge in [0.15, 0.2) is 0 Å². The molecular formula is C24H26N2O4. The SMILES string of the molecule is CCOC(=O)/C=C/c1ccc(NC(=O)C2CC(=O)N(C(C)c3ccccc3)C2)cc1. The Morgan fingerprint density at radius 3 is 2.53 bits per heavy atom. The van der Waals surface area contributed by atoms with E-state index < -0.39 is 5.97 Å². The van der Waals surface area contributed by atoms with Crippen LogP contribution in [-0.2, 0) is 19.1 Å². The molecule has 1 aliphatic heterocycles. The maximum Gasteiger partial charge on any atom is 0.330 e. The van der Waals surface area contributed by atoms with Gasteiger partial charge in [-0.05, 0) is 43.2 Å². The van der Waals surface area contributed by atoms with Crippen molar-refractivity contribution in [3.8, 4) is 0 Å². The number of anilines is 1. The average Bonchev–Trinajstić information content (AvgIpc) is 3.15. The van der Waals surface area contributed by atoms with Crippen LogP contribution in [0.15, 0.2) is 60.7 Å². The summed E-state index contributed by atoms with van der Waals surface area (Å²) < 4.78 is 4.84. The fourth-order valence-corrected chi connectivity index (χ4v) is 3.47. The molecule has 0 radical (unpaired) electrons. The molecule has 1 aliphatic rings. The van der Waals surface area contributed by atoms with Crippen molar-refractivity contribution in [2.24, 2.45) is 5.92 Å². The van der Waals surface area contributed by atoms with Gasteiger partial charge in [-0.3, -0.25) is 9.59 Å². The van der Waals surface area contributed by atoms with Gasteiger partial charge in [-0.15, -0.1) is 0 Å². The molecule has 30 heavy (non-hydrogen) atoms. The Hall–Kier alpha value is -3.41. The van der Waals surface area contributed by atoms with Crippen LogP contribution in [0.25, 0.3) is 6.08 Å². The van der Waals surface area contributed by atoms with Crippen molar-refractivity contribution in [2.75, 3.05) is 18.5 Å². The summed E-state index contributed by atoms with van der Waals surface area (Å²) in [4.78, 5) is 38.3. The lowest BCUT2D eigenvalue weighted by Gasteiger charge is -2.25. The minimum Gasteiger partial charge on any atom is -0.463 e. The first-order valence-electron chi connectivity index (χ1n) is 10.1. The average molecular weight is 406 g/mol. The van der Waals surface area contributed by atoms with Crippen molar-refractivity contribution in [1.29, 1.82) is 0 Å². The van der Waals surface area contributed by atoms with Gasteiger partial charge in [0, 0.05) is 24.7 Å². The number of likely N-dealkylation sites (tertiary alicyclic amines) is 1. The lowest BCUT2D eigenvalue weighted by atomic mass is 10.1. The number of carbonyl (C=O) groups excluding carboxylic acids is 3. The minimum absolute atomic E-state index is 0.00838. The van der Waals surface area contributed by atoms with E-state index in [1.54, 1.807) is 42.2 Å². The van der Waals surface area contributed by atoms with Crippen LogP contribution >= 0.6 is 0 Å². The summed E-state index contributed by atoms with van der Waals surface area (Å²) in [7, 11) is 0. The predicted octanol–water partition coefficient (Wildman–Crippen LogP) is 3.81. The normalized spacial score (nSPS) is 17.2. The molecule has 6 heteroatoms. The number of amides is 2. The number of hydrogen-bond donors (Lipinski definition) is 1. The molecule has 1 N–H and O–H groups in total. The minimum atomic E-state index is -0.393. The number of ether oxygens (including phenoxy) is 1. The van der Waals surface area contributed by atoms with Crippen molar-refractivity contribution in [2.45, 2.75) is 26.3 Å². The molecule has 0 saturated carbocycles. The first-order chi connectivity index (χ1) is 14.5. The van der Waals surface area contributed by atoms with E-state index in [4.69, 9.17) is 4.74 Å². The van der Waals surface area contributed by atoms with Crippen LogP contribution in [0.3, 0.4) is 0 Å².